The fourth-order valence-electron chi connectivity index (χ4n) is 3.13. The lowest BCUT2D eigenvalue weighted by Crippen LogP contribution is -2.30. The first kappa shape index (κ1) is 20.4. The molecular weight excluding hydrogens is 442 g/mol. The summed E-state index contributed by atoms with van der Waals surface area (Å²) in [5, 5.41) is -0.0316. The van der Waals surface area contributed by atoms with E-state index in [1.165, 1.54) is 6.08 Å². The number of sulfone groups is 1. The molecule has 2 atom stereocenters. The van der Waals surface area contributed by atoms with E-state index in [0.29, 0.717) is 11.3 Å². The normalized spacial score (nSPS) is 13.8. The van der Waals surface area contributed by atoms with Gasteiger partial charge in [0.2, 0.25) is 5.44 Å². The third-order valence-corrected chi connectivity index (χ3v) is 7.25. The second-order valence-corrected chi connectivity index (χ2v) is 9.68. The third kappa shape index (κ3) is 4.20. The van der Waals surface area contributed by atoms with Crippen molar-refractivity contribution in [1.29, 1.82) is 0 Å². The van der Waals surface area contributed by atoms with Crippen LogP contribution in [-0.2, 0) is 25.8 Å². The molecule has 0 aliphatic carbocycles. The molecule has 0 aliphatic rings. The SMILES string of the molecule is C=CC(c1ccc(C)cc1)S(=O)(=O)C(Cc1cc2ccc(Br)cc2[nH]1)OC=O. The largest absolute Gasteiger partial charge is 0.448 e. The van der Waals surface area contributed by atoms with Crippen LogP contribution in [0.15, 0.2) is 65.7 Å². The van der Waals surface area contributed by atoms with Gasteiger partial charge in [-0.15, -0.1) is 6.58 Å². The van der Waals surface area contributed by atoms with E-state index >= 15 is 0 Å². The molecule has 0 radical (unpaired) electrons. The highest BCUT2D eigenvalue weighted by molar-refractivity contribution is 9.10. The van der Waals surface area contributed by atoms with Crippen molar-refractivity contribution in [2.75, 3.05) is 0 Å². The lowest BCUT2D eigenvalue weighted by atomic mass is 10.1. The van der Waals surface area contributed by atoms with Gasteiger partial charge in [-0.3, -0.25) is 4.79 Å². The van der Waals surface area contributed by atoms with Gasteiger partial charge in [-0.1, -0.05) is 57.9 Å². The molecule has 146 valence electrons. The molecule has 1 heterocycles. The summed E-state index contributed by atoms with van der Waals surface area (Å²) in [6, 6.07) is 14.8. The molecule has 2 aromatic carbocycles. The van der Waals surface area contributed by atoms with Crippen LogP contribution < -0.4 is 0 Å². The smallest absolute Gasteiger partial charge is 0.294 e. The second kappa shape index (κ2) is 8.32. The molecule has 0 saturated heterocycles. The number of nitrogens with one attached hydrogen (secondary N) is 1. The van der Waals surface area contributed by atoms with Crippen LogP contribution in [0.5, 0.6) is 0 Å². The van der Waals surface area contributed by atoms with Crippen LogP contribution in [0.4, 0.5) is 0 Å². The molecule has 1 aromatic heterocycles. The molecule has 7 heteroatoms. The van der Waals surface area contributed by atoms with Gasteiger partial charge in [0, 0.05) is 22.1 Å². The number of rotatable bonds is 8. The summed E-state index contributed by atoms with van der Waals surface area (Å²) in [4.78, 5) is 14.2. The van der Waals surface area contributed by atoms with Crippen LogP contribution in [0, 0.1) is 6.92 Å². The predicted molar refractivity (Wildman–Crippen MR) is 114 cm³/mol. The van der Waals surface area contributed by atoms with Crippen molar-refractivity contribution < 1.29 is 17.9 Å². The summed E-state index contributed by atoms with van der Waals surface area (Å²) in [5.74, 6) is 0. The molecule has 28 heavy (non-hydrogen) atoms. The second-order valence-electron chi connectivity index (χ2n) is 6.55. The van der Waals surface area contributed by atoms with Crippen molar-refractivity contribution in [3.8, 4) is 0 Å². The van der Waals surface area contributed by atoms with E-state index in [9.17, 15) is 13.2 Å². The fraction of sp³-hybridized carbons (Fsp3) is 0.190. The third-order valence-electron chi connectivity index (χ3n) is 4.57. The van der Waals surface area contributed by atoms with Crippen molar-refractivity contribution in [3.05, 3.63) is 82.5 Å². The van der Waals surface area contributed by atoms with Crippen LogP contribution in [0.2, 0.25) is 0 Å². The van der Waals surface area contributed by atoms with E-state index in [1.807, 2.05) is 43.3 Å². The van der Waals surface area contributed by atoms with Crippen molar-refractivity contribution in [1.82, 2.24) is 4.98 Å². The minimum absolute atomic E-state index is 0.0174. The number of aromatic nitrogens is 1. The molecule has 3 aromatic rings. The predicted octanol–water partition coefficient (Wildman–Crippen LogP) is 4.62. The van der Waals surface area contributed by atoms with Crippen molar-refractivity contribution in [3.63, 3.8) is 0 Å². The minimum Gasteiger partial charge on any atom is -0.448 e. The number of halogens is 1. The summed E-state index contributed by atoms with van der Waals surface area (Å²) < 4.78 is 32.4. The molecule has 0 saturated carbocycles. The highest BCUT2D eigenvalue weighted by Gasteiger charge is 2.35. The van der Waals surface area contributed by atoms with Crippen molar-refractivity contribution in [2.45, 2.75) is 24.0 Å². The number of ether oxygens (including phenoxy) is 1. The molecule has 0 amide bonds. The molecule has 3 rings (SSSR count). The summed E-state index contributed by atoms with van der Waals surface area (Å²) in [7, 11) is -3.89. The number of carbonyl (C=O) groups is 1. The number of carbonyl (C=O) groups excluding carboxylic acids is 1. The highest BCUT2D eigenvalue weighted by atomic mass is 79.9. The number of H-pyrrole nitrogens is 1. The van der Waals surface area contributed by atoms with Gasteiger partial charge in [-0.25, -0.2) is 8.42 Å². The number of hydrogen-bond donors (Lipinski definition) is 1. The quantitative estimate of drug-likeness (QED) is 0.392. The summed E-state index contributed by atoms with van der Waals surface area (Å²) >= 11 is 3.41. The van der Waals surface area contributed by atoms with Gasteiger partial charge in [0.1, 0.15) is 5.25 Å². The van der Waals surface area contributed by atoms with Crippen LogP contribution in [-0.4, -0.2) is 25.3 Å². The van der Waals surface area contributed by atoms with E-state index in [-0.39, 0.29) is 12.9 Å². The van der Waals surface area contributed by atoms with Gasteiger partial charge in [-0.05, 0) is 36.1 Å². The van der Waals surface area contributed by atoms with Crippen molar-refractivity contribution in [2.24, 2.45) is 0 Å². The number of aryl methyl sites for hydroxylation is 1. The van der Waals surface area contributed by atoms with Gasteiger partial charge in [0.05, 0.1) is 0 Å². The standard InChI is InChI=1S/C21H20BrNO4S/c1-3-20(15-6-4-14(2)5-7-15)28(25,26)21(27-13-24)12-18-10-16-8-9-17(22)11-19(16)23-18/h3-11,13,20-21,23H,1,12H2,2H3. The topological polar surface area (TPSA) is 76.2 Å². The maximum absolute atomic E-state index is 13.2. The zero-order valence-electron chi connectivity index (χ0n) is 15.3. The Kier molecular flexibility index (Phi) is 6.05. The van der Waals surface area contributed by atoms with Gasteiger partial charge in [0.15, 0.2) is 9.84 Å². The van der Waals surface area contributed by atoms with E-state index in [2.05, 4.69) is 27.5 Å². The molecule has 0 aliphatic heterocycles. The number of hydrogen-bond acceptors (Lipinski definition) is 4. The number of fused-ring (bicyclic) bond motifs is 1. The van der Waals surface area contributed by atoms with E-state index < -0.39 is 20.5 Å². The summed E-state index contributed by atoms with van der Waals surface area (Å²) in [6.07, 6.45) is 1.38. The average molecular weight is 462 g/mol. The zero-order valence-corrected chi connectivity index (χ0v) is 17.7. The van der Waals surface area contributed by atoms with Gasteiger partial charge in [-0.2, -0.15) is 0 Å². The maximum Gasteiger partial charge on any atom is 0.294 e. The Labute approximate surface area is 172 Å². The summed E-state index contributed by atoms with van der Waals surface area (Å²) in [6.45, 7) is 5.79. The van der Waals surface area contributed by atoms with Crippen LogP contribution in [0.3, 0.4) is 0 Å². The number of aromatic amines is 1. The molecule has 5 nitrogen and oxygen atoms in total. The molecule has 0 fully saturated rings. The Morgan fingerprint density at radius 1 is 1.18 bits per heavy atom. The molecular formula is C21H20BrNO4S. The minimum atomic E-state index is -3.89. The molecule has 0 bridgehead atoms. The molecule has 2 unspecified atom stereocenters. The number of benzene rings is 2. The lowest BCUT2D eigenvalue weighted by molar-refractivity contribution is -0.130. The Bertz CT molecular complexity index is 1100. The van der Waals surface area contributed by atoms with Crippen LogP contribution in [0.1, 0.15) is 22.1 Å². The van der Waals surface area contributed by atoms with Crippen LogP contribution >= 0.6 is 15.9 Å². The van der Waals surface area contributed by atoms with E-state index in [4.69, 9.17) is 4.74 Å². The molecule has 1 N–H and O–H groups in total. The Morgan fingerprint density at radius 3 is 2.54 bits per heavy atom. The van der Waals surface area contributed by atoms with Crippen molar-refractivity contribution >= 4 is 43.1 Å². The lowest BCUT2D eigenvalue weighted by Gasteiger charge is -2.21. The Hall–Kier alpha value is -2.38. The maximum atomic E-state index is 13.2. The van der Waals surface area contributed by atoms with Gasteiger partial charge in [0.25, 0.3) is 6.47 Å². The highest BCUT2D eigenvalue weighted by Crippen LogP contribution is 2.30. The van der Waals surface area contributed by atoms with Crippen LogP contribution in [0.25, 0.3) is 10.9 Å². The van der Waals surface area contributed by atoms with E-state index in [0.717, 1.165) is 20.9 Å². The zero-order chi connectivity index (χ0) is 20.3. The van der Waals surface area contributed by atoms with Gasteiger partial charge >= 0.3 is 0 Å². The molecule has 0 spiro atoms. The first-order chi connectivity index (χ1) is 13.3. The van der Waals surface area contributed by atoms with Gasteiger partial charge < -0.3 is 9.72 Å². The first-order valence-electron chi connectivity index (χ1n) is 8.63. The fourth-order valence-corrected chi connectivity index (χ4v) is 5.24. The summed E-state index contributed by atoms with van der Waals surface area (Å²) in [5.41, 5.74) is 1.81. The first-order valence-corrected chi connectivity index (χ1v) is 11.0. The Balaban J connectivity index is 1.95. The Morgan fingerprint density at radius 2 is 1.89 bits per heavy atom. The monoisotopic (exact) mass is 461 g/mol. The van der Waals surface area contributed by atoms with E-state index in [1.54, 1.807) is 12.1 Å². The average Bonchev–Trinajstić information content (AvgIpc) is 3.05.